The maximum absolute atomic E-state index is 11.3. The minimum absolute atomic E-state index is 0.0451. The molecule has 0 atom stereocenters. The summed E-state index contributed by atoms with van der Waals surface area (Å²) >= 11 is 0. The average Bonchev–Trinajstić information content (AvgIpc) is 2.56. The van der Waals surface area contributed by atoms with E-state index >= 15 is 0 Å². The van der Waals surface area contributed by atoms with Gasteiger partial charge in [-0.1, -0.05) is 0 Å². The van der Waals surface area contributed by atoms with E-state index in [0.717, 1.165) is 11.3 Å². The third kappa shape index (κ3) is 2.53. The predicted molar refractivity (Wildman–Crippen MR) is 66.6 cm³/mol. The van der Waals surface area contributed by atoms with Crippen molar-refractivity contribution in [2.24, 2.45) is 7.05 Å². The smallest absolute Gasteiger partial charge is 0.185 e. The molecule has 0 amide bonds. The number of hydrogen-bond acceptors (Lipinski definition) is 3. The maximum Gasteiger partial charge on any atom is 0.185 e. The van der Waals surface area contributed by atoms with Gasteiger partial charge in [0.15, 0.2) is 5.43 Å². The van der Waals surface area contributed by atoms with E-state index in [1.54, 1.807) is 23.9 Å². The summed E-state index contributed by atoms with van der Waals surface area (Å²) in [6, 6.07) is 2.93. The predicted octanol–water partition coefficient (Wildman–Crippen LogP) is 2.16. The zero-order chi connectivity index (χ0) is 12.4. The van der Waals surface area contributed by atoms with Gasteiger partial charge in [-0.05, 0) is 26.0 Å². The lowest BCUT2D eigenvalue weighted by molar-refractivity contribution is 0.505. The SMILES string of the molecule is Cc1cc(=O)cc(/C=C/c2cnn(C)c2C)o1. The fourth-order valence-electron chi connectivity index (χ4n) is 1.56. The second-order valence-corrected chi connectivity index (χ2v) is 3.95. The first kappa shape index (κ1) is 11.4. The number of hydrogen-bond donors (Lipinski definition) is 0. The molecule has 17 heavy (non-hydrogen) atoms. The fourth-order valence-corrected chi connectivity index (χ4v) is 1.56. The Morgan fingerprint density at radius 1 is 1.29 bits per heavy atom. The minimum Gasteiger partial charge on any atom is -0.462 e. The Balaban J connectivity index is 2.32. The number of aromatic nitrogens is 2. The molecule has 0 saturated carbocycles. The third-order valence-corrected chi connectivity index (χ3v) is 2.61. The van der Waals surface area contributed by atoms with E-state index in [-0.39, 0.29) is 5.43 Å². The number of aryl methyl sites for hydroxylation is 2. The van der Waals surface area contributed by atoms with Gasteiger partial charge in [0.05, 0.1) is 6.20 Å². The van der Waals surface area contributed by atoms with E-state index in [4.69, 9.17) is 4.42 Å². The van der Waals surface area contributed by atoms with Crippen LogP contribution in [0.1, 0.15) is 22.8 Å². The molecular formula is C13H14N2O2. The molecule has 2 aromatic rings. The van der Waals surface area contributed by atoms with Gasteiger partial charge in [0.25, 0.3) is 0 Å². The Morgan fingerprint density at radius 3 is 2.65 bits per heavy atom. The lowest BCUT2D eigenvalue weighted by atomic mass is 10.2. The van der Waals surface area contributed by atoms with Gasteiger partial charge in [0, 0.05) is 30.4 Å². The monoisotopic (exact) mass is 230 g/mol. The van der Waals surface area contributed by atoms with Crippen LogP contribution in [0.3, 0.4) is 0 Å². The molecule has 0 aromatic carbocycles. The molecule has 4 nitrogen and oxygen atoms in total. The van der Waals surface area contributed by atoms with Crippen molar-refractivity contribution in [2.45, 2.75) is 13.8 Å². The summed E-state index contributed by atoms with van der Waals surface area (Å²) in [5, 5.41) is 4.14. The van der Waals surface area contributed by atoms with Crippen molar-refractivity contribution in [1.29, 1.82) is 0 Å². The van der Waals surface area contributed by atoms with Gasteiger partial charge in [-0.15, -0.1) is 0 Å². The molecule has 0 aliphatic rings. The Labute approximate surface area is 99.2 Å². The Kier molecular flexibility index (Phi) is 2.95. The molecule has 0 unspecified atom stereocenters. The minimum atomic E-state index is -0.0451. The highest BCUT2D eigenvalue weighted by atomic mass is 16.3. The lowest BCUT2D eigenvalue weighted by Gasteiger charge is -1.96. The molecule has 2 aromatic heterocycles. The number of nitrogens with zero attached hydrogens (tertiary/aromatic N) is 2. The van der Waals surface area contributed by atoms with E-state index in [0.29, 0.717) is 11.5 Å². The summed E-state index contributed by atoms with van der Waals surface area (Å²) in [6.07, 6.45) is 5.44. The zero-order valence-electron chi connectivity index (χ0n) is 10.1. The van der Waals surface area contributed by atoms with Crippen LogP contribution in [-0.2, 0) is 7.05 Å². The van der Waals surface area contributed by atoms with Crippen LogP contribution in [0.2, 0.25) is 0 Å². The molecule has 0 N–H and O–H groups in total. The summed E-state index contributed by atoms with van der Waals surface area (Å²) in [5.41, 5.74) is 2.03. The molecule has 0 saturated heterocycles. The molecule has 0 spiro atoms. The highest BCUT2D eigenvalue weighted by Crippen LogP contribution is 2.11. The molecule has 0 radical (unpaired) electrons. The molecule has 2 rings (SSSR count). The van der Waals surface area contributed by atoms with Crippen molar-refractivity contribution in [2.75, 3.05) is 0 Å². The van der Waals surface area contributed by atoms with Gasteiger partial charge in [0.2, 0.25) is 0 Å². The summed E-state index contributed by atoms with van der Waals surface area (Å²) in [6.45, 7) is 3.74. The fraction of sp³-hybridized carbons (Fsp3) is 0.231. The Hall–Kier alpha value is -2.10. The standard InChI is InChI=1S/C13H14N2O2/c1-9-6-12(16)7-13(17-9)5-4-11-8-14-15(3)10(11)2/h4-8H,1-3H3/b5-4+. The van der Waals surface area contributed by atoms with Crippen molar-refractivity contribution in [3.63, 3.8) is 0 Å². The summed E-state index contributed by atoms with van der Waals surface area (Å²) in [5.74, 6) is 1.17. The first-order chi connectivity index (χ1) is 8.06. The summed E-state index contributed by atoms with van der Waals surface area (Å²) in [7, 11) is 1.89. The maximum atomic E-state index is 11.3. The molecule has 0 aliphatic carbocycles. The van der Waals surface area contributed by atoms with E-state index in [1.165, 1.54) is 12.1 Å². The van der Waals surface area contributed by atoms with Crippen LogP contribution in [0.4, 0.5) is 0 Å². The van der Waals surface area contributed by atoms with Gasteiger partial charge < -0.3 is 4.42 Å². The van der Waals surface area contributed by atoms with Crippen LogP contribution in [0.25, 0.3) is 12.2 Å². The Bertz CT molecular complexity index is 621. The van der Waals surface area contributed by atoms with Crippen LogP contribution in [0.5, 0.6) is 0 Å². The summed E-state index contributed by atoms with van der Waals surface area (Å²) < 4.78 is 7.21. The highest BCUT2D eigenvalue weighted by molar-refractivity contribution is 5.67. The van der Waals surface area contributed by atoms with Crippen molar-refractivity contribution in [3.8, 4) is 0 Å². The van der Waals surface area contributed by atoms with Crippen molar-refractivity contribution >= 4 is 12.2 Å². The van der Waals surface area contributed by atoms with E-state index in [2.05, 4.69) is 5.10 Å². The molecular weight excluding hydrogens is 216 g/mol. The van der Waals surface area contributed by atoms with Gasteiger partial charge in [0.1, 0.15) is 11.5 Å². The van der Waals surface area contributed by atoms with Crippen molar-refractivity contribution < 1.29 is 4.42 Å². The molecule has 0 fully saturated rings. The van der Waals surface area contributed by atoms with Crippen LogP contribution in [0.15, 0.2) is 27.5 Å². The van der Waals surface area contributed by atoms with Crippen molar-refractivity contribution in [1.82, 2.24) is 9.78 Å². The van der Waals surface area contributed by atoms with E-state index in [1.807, 2.05) is 20.0 Å². The van der Waals surface area contributed by atoms with Gasteiger partial charge >= 0.3 is 0 Å². The van der Waals surface area contributed by atoms with E-state index < -0.39 is 0 Å². The molecule has 4 heteroatoms. The number of rotatable bonds is 2. The van der Waals surface area contributed by atoms with Gasteiger partial charge in [-0.3, -0.25) is 9.48 Å². The van der Waals surface area contributed by atoms with Crippen LogP contribution in [0, 0.1) is 13.8 Å². The van der Waals surface area contributed by atoms with Crippen LogP contribution in [-0.4, -0.2) is 9.78 Å². The molecule has 2 heterocycles. The van der Waals surface area contributed by atoms with Crippen molar-refractivity contribution in [3.05, 3.63) is 51.3 Å². The largest absolute Gasteiger partial charge is 0.462 e. The molecule has 88 valence electrons. The first-order valence-corrected chi connectivity index (χ1v) is 5.35. The van der Waals surface area contributed by atoms with Crippen LogP contribution >= 0.6 is 0 Å². The highest BCUT2D eigenvalue weighted by Gasteiger charge is 2.00. The van der Waals surface area contributed by atoms with Crippen LogP contribution < -0.4 is 5.43 Å². The molecule has 0 bridgehead atoms. The quantitative estimate of drug-likeness (QED) is 0.794. The third-order valence-electron chi connectivity index (χ3n) is 2.61. The average molecular weight is 230 g/mol. The van der Waals surface area contributed by atoms with E-state index in [9.17, 15) is 4.79 Å². The van der Waals surface area contributed by atoms with Gasteiger partial charge in [-0.2, -0.15) is 5.10 Å². The van der Waals surface area contributed by atoms with Gasteiger partial charge in [-0.25, -0.2) is 0 Å². The topological polar surface area (TPSA) is 48.0 Å². The lowest BCUT2D eigenvalue weighted by Crippen LogP contribution is -1.97. The Morgan fingerprint density at radius 2 is 2.06 bits per heavy atom. The zero-order valence-corrected chi connectivity index (χ0v) is 10.1. The second kappa shape index (κ2) is 4.41. The normalized spacial score (nSPS) is 11.2. The first-order valence-electron chi connectivity index (χ1n) is 5.35. The summed E-state index contributed by atoms with van der Waals surface area (Å²) in [4.78, 5) is 11.3. The second-order valence-electron chi connectivity index (χ2n) is 3.95. The molecule has 0 aliphatic heterocycles.